The van der Waals surface area contributed by atoms with Crippen molar-refractivity contribution in [1.82, 2.24) is 10.2 Å². The highest BCUT2D eigenvalue weighted by molar-refractivity contribution is 6.00. The summed E-state index contributed by atoms with van der Waals surface area (Å²) in [5.74, 6) is 0.248. The van der Waals surface area contributed by atoms with Crippen molar-refractivity contribution in [1.29, 1.82) is 0 Å². The van der Waals surface area contributed by atoms with E-state index in [0.29, 0.717) is 29.5 Å². The van der Waals surface area contributed by atoms with Gasteiger partial charge in [-0.2, -0.15) is 5.10 Å². The van der Waals surface area contributed by atoms with Gasteiger partial charge in [-0.25, -0.2) is 0 Å². The number of hydrogen-bond acceptors (Lipinski definition) is 5. The molecule has 3 aromatic rings. The van der Waals surface area contributed by atoms with Crippen molar-refractivity contribution in [3.8, 4) is 11.5 Å². The van der Waals surface area contributed by atoms with Gasteiger partial charge in [-0.3, -0.25) is 14.7 Å². The van der Waals surface area contributed by atoms with E-state index in [1.165, 1.54) is 0 Å². The number of anilines is 1. The van der Waals surface area contributed by atoms with Crippen LogP contribution in [0.25, 0.3) is 0 Å². The Bertz CT molecular complexity index is 1060. The first-order valence-electron chi connectivity index (χ1n) is 9.09. The molecule has 0 fully saturated rings. The third kappa shape index (κ3) is 3.64. The molecular formula is C21H20N4O4. The topological polar surface area (TPSA) is 119 Å². The number of carbonyl (C=O) groups excluding carboxylic acids is 2. The number of methoxy groups -OCH3 is 1. The van der Waals surface area contributed by atoms with E-state index in [-0.39, 0.29) is 18.0 Å². The van der Waals surface area contributed by atoms with E-state index < -0.39 is 11.8 Å². The Balaban J connectivity index is 1.66. The van der Waals surface area contributed by atoms with Gasteiger partial charge in [0.15, 0.2) is 5.82 Å². The number of amides is 2. The Morgan fingerprint density at radius 1 is 1.24 bits per heavy atom. The Kier molecular flexibility index (Phi) is 4.90. The number of aromatic amines is 1. The minimum absolute atomic E-state index is 0.146. The molecule has 8 nitrogen and oxygen atoms in total. The summed E-state index contributed by atoms with van der Waals surface area (Å²) in [6.07, 6.45) is 0.146. The standard InChI is InChI=1S/C21H20N4O4/c1-28-16-9-13(29-11-12-5-3-2-4-6-12)7-8-14(16)15-10-17(26)23-21-18(15)19(20(22)27)24-25-21/h2-9,15H,10-11H2,1H3,(H2,22,27)(H2,23,24,25,26). The van der Waals surface area contributed by atoms with Crippen LogP contribution in [-0.4, -0.2) is 29.1 Å². The van der Waals surface area contributed by atoms with Crippen molar-refractivity contribution in [3.63, 3.8) is 0 Å². The summed E-state index contributed by atoms with van der Waals surface area (Å²) in [6.45, 7) is 0.423. The van der Waals surface area contributed by atoms with Crippen LogP contribution in [-0.2, 0) is 11.4 Å². The lowest BCUT2D eigenvalue weighted by Gasteiger charge is -2.24. The molecule has 1 unspecified atom stereocenters. The van der Waals surface area contributed by atoms with Crippen molar-refractivity contribution in [2.24, 2.45) is 5.73 Å². The molecule has 2 amide bonds. The number of rotatable bonds is 6. The fraction of sp³-hybridized carbons (Fsp3) is 0.190. The van der Waals surface area contributed by atoms with Crippen LogP contribution in [0.3, 0.4) is 0 Å². The van der Waals surface area contributed by atoms with E-state index >= 15 is 0 Å². The molecule has 0 saturated heterocycles. The van der Waals surface area contributed by atoms with Gasteiger partial charge in [0.1, 0.15) is 23.8 Å². The fourth-order valence-corrected chi connectivity index (χ4v) is 3.52. The minimum atomic E-state index is -0.637. The smallest absolute Gasteiger partial charge is 0.267 e. The van der Waals surface area contributed by atoms with Crippen LogP contribution >= 0.6 is 0 Å². The predicted octanol–water partition coefficient (Wildman–Crippen LogP) is 2.57. The Labute approximate surface area is 167 Å². The second kappa shape index (κ2) is 7.67. The zero-order chi connectivity index (χ0) is 20.4. The highest BCUT2D eigenvalue weighted by Gasteiger charge is 2.34. The quantitative estimate of drug-likeness (QED) is 0.596. The number of nitrogens with one attached hydrogen (secondary N) is 2. The molecule has 1 aliphatic rings. The maximum absolute atomic E-state index is 12.2. The van der Waals surface area contributed by atoms with Crippen LogP contribution < -0.4 is 20.5 Å². The van der Waals surface area contributed by atoms with E-state index in [2.05, 4.69) is 15.5 Å². The molecule has 8 heteroatoms. The van der Waals surface area contributed by atoms with Gasteiger partial charge in [-0.15, -0.1) is 0 Å². The highest BCUT2D eigenvalue weighted by atomic mass is 16.5. The number of primary amides is 1. The molecule has 1 atom stereocenters. The number of carbonyl (C=O) groups is 2. The predicted molar refractivity (Wildman–Crippen MR) is 106 cm³/mol. The molecule has 29 heavy (non-hydrogen) atoms. The third-order valence-corrected chi connectivity index (χ3v) is 4.87. The van der Waals surface area contributed by atoms with Crippen molar-refractivity contribution in [2.75, 3.05) is 12.4 Å². The Hall–Kier alpha value is -3.81. The monoisotopic (exact) mass is 392 g/mol. The zero-order valence-electron chi connectivity index (χ0n) is 15.8. The number of nitrogens with zero attached hydrogens (tertiary/aromatic N) is 1. The lowest BCUT2D eigenvalue weighted by Crippen LogP contribution is -2.25. The highest BCUT2D eigenvalue weighted by Crippen LogP contribution is 2.42. The van der Waals surface area contributed by atoms with Gasteiger partial charge >= 0.3 is 0 Å². The van der Waals surface area contributed by atoms with Gasteiger partial charge in [0.05, 0.1) is 7.11 Å². The third-order valence-electron chi connectivity index (χ3n) is 4.87. The Morgan fingerprint density at radius 2 is 2.03 bits per heavy atom. The molecular weight excluding hydrogens is 372 g/mol. The fourth-order valence-electron chi connectivity index (χ4n) is 3.52. The average Bonchev–Trinajstić information content (AvgIpc) is 3.16. The van der Waals surface area contributed by atoms with Gasteiger partial charge in [0.25, 0.3) is 5.91 Å². The minimum Gasteiger partial charge on any atom is -0.496 e. The largest absolute Gasteiger partial charge is 0.496 e. The molecule has 2 heterocycles. The molecule has 0 saturated carbocycles. The number of fused-ring (bicyclic) bond motifs is 1. The number of H-pyrrole nitrogens is 1. The molecule has 4 N–H and O–H groups in total. The number of ether oxygens (including phenoxy) is 2. The summed E-state index contributed by atoms with van der Waals surface area (Å²) >= 11 is 0. The molecule has 0 radical (unpaired) electrons. The lowest BCUT2D eigenvalue weighted by atomic mass is 9.85. The van der Waals surface area contributed by atoms with Gasteiger partial charge in [-0.1, -0.05) is 36.4 Å². The number of hydrogen-bond donors (Lipinski definition) is 3. The van der Waals surface area contributed by atoms with Crippen LogP contribution in [0, 0.1) is 0 Å². The van der Waals surface area contributed by atoms with Crippen molar-refractivity contribution in [2.45, 2.75) is 18.9 Å². The summed E-state index contributed by atoms with van der Waals surface area (Å²) < 4.78 is 11.4. The van der Waals surface area contributed by atoms with Crippen LogP contribution in [0.15, 0.2) is 48.5 Å². The molecule has 0 spiro atoms. The van der Waals surface area contributed by atoms with Gasteiger partial charge in [0, 0.05) is 29.5 Å². The van der Waals surface area contributed by atoms with Crippen LogP contribution in [0.4, 0.5) is 5.82 Å². The van der Waals surface area contributed by atoms with Crippen LogP contribution in [0.1, 0.15) is 39.5 Å². The van der Waals surface area contributed by atoms with Crippen LogP contribution in [0.2, 0.25) is 0 Å². The second-order valence-electron chi connectivity index (χ2n) is 6.71. The van der Waals surface area contributed by atoms with Gasteiger partial charge in [-0.05, 0) is 11.6 Å². The molecule has 148 valence electrons. The van der Waals surface area contributed by atoms with E-state index in [0.717, 1.165) is 11.1 Å². The number of benzene rings is 2. The Morgan fingerprint density at radius 3 is 2.76 bits per heavy atom. The summed E-state index contributed by atoms with van der Waals surface area (Å²) in [5.41, 5.74) is 8.01. The number of aromatic nitrogens is 2. The first-order chi connectivity index (χ1) is 14.1. The van der Waals surface area contributed by atoms with Crippen molar-refractivity contribution in [3.05, 3.63) is 70.9 Å². The molecule has 2 aromatic carbocycles. The maximum atomic E-state index is 12.2. The van der Waals surface area contributed by atoms with Gasteiger partial charge < -0.3 is 20.5 Å². The van der Waals surface area contributed by atoms with Gasteiger partial charge in [0.2, 0.25) is 5.91 Å². The summed E-state index contributed by atoms with van der Waals surface area (Å²) in [6, 6.07) is 15.3. The average molecular weight is 392 g/mol. The van der Waals surface area contributed by atoms with E-state index in [1.54, 1.807) is 13.2 Å². The molecule has 1 aliphatic heterocycles. The molecule has 0 bridgehead atoms. The van der Waals surface area contributed by atoms with Crippen LogP contribution in [0.5, 0.6) is 11.5 Å². The summed E-state index contributed by atoms with van der Waals surface area (Å²) in [4.78, 5) is 24.0. The second-order valence-corrected chi connectivity index (χ2v) is 6.71. The SMILES string of the molecule is COc1cc(OCc2ccccc2)ccc1C1CC(=O)Nc2n[nH]c(C(N)=O)c21. The van der Waals surface area contributed by atoms with Crippen molar-refractivity contribution >= 4 is 17.6 Å². The van der Waals surface area contributed by atoms with E-state index in [4.69, 9.17) is 15.2 Å². The zero-order valence-corrected chi connectivity index (χ0v) is 15.8. The first kappa shape index (κ1) is 18.5. The number of nitrogens with two attached hydrogens (primary N) is 1. The molecule has 1 aromatic heterocycles. The van der Waals surface area contributed by atoms with E-state index in [1.807, 2.05) is 42.5 Å². The molecule has 4 rings (SSSR count). The molecule has 0 aliphatic carbocycles. The lowest BCUT2D eigenvalue weighted by molar-refractivity contribution is -0.116. The first-order valence-corrected chi connectivity index (χ1v) is 9.09. The maximum Gasteiger partial charge on any atom is 0.267 e. The normalized spacial score (nSPS) is 15.3. The van der Waals surface area contributed by atoms with Crippen molar-refractivity contribution < 1.29 is 19.1 Å². The summed E-state index contributed by atoms with van der Waals surface area (Å²) in [5, 5.41) is 9.30. The van der Waals surface area contributed by atoms with E-state index in [9.17, 15) is 9.59 Å². The summed E-state index contributed by atoms with van der Waals surface area (Å²) in [7, 11) is 1.55.